The van der Waals surface area contributed by atoms with E-state index < -0.39 is 97.5 Å². The molecule has 0 aromatic carbocycles. The number of phosphoric ester groups is 2. The third-order valence-corrected chi connectivity index (χ3v) is 20.0. The van der Waals surface area contributed by atoms with Crippen LogP contribution in [0.4, 0.5) is 0 Å². The van der Waals surface area contributed by atoms with Crippen LogP contribution in [0.3, 0.4) is 0 Å². The Morgan fingerprint density at radius 1 is 0.305 bits per heavy atom. The van der Waals surface area contributed by atoms with Crippen LogP contribution in [0, 0.1) is 11.8 Å². The predicted molar refractivity (Wildman–Crippen MR) is 386 cm³/mol. The number of rotatable bonds is 75. The van der Waals surface area contributed by atoms with Crippen molar-refractivity contribution >= 4 is 39.5 Å². The Kier molecular flexibility index (Phi) is 66.5. The van der Waals surface area contributed by atoms with Crippen LogP contribution in [-0.2, 0) is 65.4 Å². The van der Waals surface area contributed by atoms with Gasteiger partial charge in [-0.25, -0.2) is 9.13 Å². The SMILES string of the molecule is CCCCCCCCCCCCCCCCCCCCCC(=O)O[C@H](COC(=O)CCCCCCCCCCCCCCCCCCC)COP(=O)(O)OC[C@@H](O)COP(=O)(O)OC[C@@H](COC(=O)CCCCCCCCC(C)C)OC(=O)CCCCCCCCC(C)CC. The molecule has 0 aromatic heterocycles. The first-order valence-electron chi connectivity index (χ1n) is 39.5. The standard InChI is InChI=1S/C76H148O17P2/c1-7-10-12-14-16-18-20-22-24-26-27-29-31-33-35-37-39-48-54-60-75(80)92-71(64-86-73(78)58-52-46-38-36-34-32-30-28-25-23-21-19-17-15-13-11-8-2)66-90-94(82,83)88-62-70(77)63-89-95(84,85)91-67-72(65-87-74(79)59-53-47-42-40-44-50-56-68(4)5)93-76(81)61-55-49-43-41-45-51-57-69(6)9-3/h68-72,77H,7-67H2,1-6H3,(H,82,83)(H,84,85)/t69?,70-,71-,72-/m1/s1. The molecule has 95 heavy (non-hydrogen) atoms. The van der Waals surface area contributed by atoms with Crippen molar-refractivity contribution in [2.45, 2.75) is 413 Å². The zero-order valence-electron chi connectivity index (χ0n) is 62.0. The number of carbonyl (C=O) groups excluding carboxylic acids is 4. The van der Waals surface area contributed by atoms with Gasteiger partial charge in [-0.3, -0.25) is 37.3 Å². The molecule has 6 atom stereocenters. The topological polar surface area (TPSA) is 237 Å². The minimum absolute atomic E-state index is 0.102. The van der Waals surface area contributed by atoms with Gasteiger partial charge in [-0.1, -0.05) is 343 Å². The van der Waals surface area contributed by atoms with Crippen LogP contribution >= 0.6 is 15.6 Å². The number of phosphoric acid groups is 2. The molecule has 0 saturated heterocycles. The van der Waals surface area contributed by atoms with E-state index in [-0.39, 0.29) is 25.7 Å². The number of aliphatic hydroxyl groups excluding tert-OH is 1. The maximum Gasteiger partial charge on any atom is 0.472 e. The van der Waals surface area contributed by atoms with Gasteiger partial charge in [0.15, 0.2) is 12.2 Å². The van der Waals surface area contributed by atoms with Crippen molar-refractivity contribution in [1.29, 1.82) is 0 Å². The van der Waals surface area contributed by atoms with Crippen LogP contribution in [0.15, 0.2) is 0 Å². The molecule has 19 heteroatoms. The molecule has 3 N–H and O–H groups in total. The monoisotopic (exact) mass is 1400 g/mol. The van der Waals surface area contributed by atoms with E-state index in [9.17, 15) is 43.2 Å². The van der Waals surface area contributed by atoms with Crippen molar-refractivity contribution in [1.82, 2.24) is 0 Å². The smallest absolute Gasteiger partial charge is 0.462 e. The molecule has 0 amide bonds. The minimum Gasteiger partial charge on any atom is -0.462 e. The summed E-state index contributed by atoms with van der Waals surface area (Å²) < 4.78 is 68.4. The summed E-state index contributed by atoms with van der Waals surface area (Å²) >= 11 is 0. The van der Waals surface area contributed by atoms with Crippen molar-refractivity contribution < 1.29 is 80.2 Å². The summed E-state index contributed by atoms with van der Waals surface area (Å²) in [6.45, 7) is 9.46. The van der Waals surface area contributed by atoms with E-state index in [1.807, 2.05) is 0 Å². The Morgan fingerprint density at radius 2 is 0.537 bits per heavy atom. The van der Waals surface area contributed by atoms with Crippen molar-refractivity contribution in [3.05, 3.63) is 0 Å². The highest BCUT2D eigenvalue weighted by molar-refractivity contribution is 7.47. The second kappa shape index (κ2) is 67.9. The molecule has 0 aliphatic carbocycles. The first-order chi connectivity index (χ1) is 45.9. The van der Waals surface area contributed by atoms with Gasteiger partial charge in [-0.2, -0.15) is 0 Å². The molecule has 0 fully saturated rings. The van der Waals surface area contributed by atoms with Crippen LogP contribution in [0.2, 0.25) is 0 Å². The molecule has 0 heterocycles. The third-order valence-electron chi connectivity index (χ3n) is 18.1. The van der Waals surface area contributed by atoms with E-state index in [2.05, 4.69) is 41.5 Å². The third kappa shape index (κ3) is 69.0. The van der Waals surface area contributed by atoms with Gasteiger partial charge in [0.1, 0.15) is 19.3 Å². The van der Waals surface area contributed by atoms with Gasteiger partial charge in [0.2, 0.25) is 0 Å². The molecular weight excluding hydrogens is 1250 g/mol. The Hall–Kier alpha value is -1.94. The van der Waals surface area contributed by atoms with E-state index >= 15 is 0 Å². The largest absolute Gasteiger partial charge is 0.472 e. The highest BCUT2D eigenvalue weighted by atomic mass is 31.2. The second-order valence-corrected chi connectivity index (χ2v) is 31.0. The number of unbranched alkanes of at least 4 members (excludes halogenated alkanes) is 44. The van der Waals surface area contributed by atoms with Crippen molar-refractivity contribution in [3.63, 3.8) is 0 Å². The first kappa shape index (κ1) is 93.1. The average molecular weight is 1400 g/mol. The Morgan fingerprint density at radius 3 is 0.800 bits per heavy atom. The summed E-state index contributed by atoms with van der Waals surface area (Å²) in [5.41, 5.74) is 0. The maximum atomic E-state index is 13.1. The van der Waals surface area contributed by atoms with Gasteiger partial charge in [-0.05, 0) is 37.5 Å². The molecule has 0 rings (SSSR count). The van der Waals surface area contributed by atoms with Gasteiger partial charge in [-0.15, -0.1) is 0 Å². The average Bonchev–Trinajstić information content (AvgIpc) is 2.40. The lowest BCUT2D eigenvalue weighted by Crippen LogP contribution is -2.30. The normalized spacial score (nSPS) is 14.3. The quantitative estimate of drug-likeness (QED) is 0.0222. The van der Waals surface area contributed by atoms with Crippen molar-refractivity contribution in [3.8, 4) is 0 Å². The number of ether oxygens (including phenoxy) is 4. The van der Waals surface area contributed by atoms with Crippen LogP contribution < -0.4 is 0 Å². The summed E-state index contributed by atoms with van der Waals surface area (Å²) in [4.78, 5) is 72.7. The fourth-order valence-electron chi connectivity index (χ4n) is 11.6. The Labute approximate surface area is 581 Å². The van der Waals surface area contributed by atoms with E-state index in [0.29, 0.717) is 31.6 Å². The van der Waals surface area contributed by atoms with Crippen LogP contribution in [0.1, 0.15) is 395 Å². The van der Waals surface area contributed by atoms with Gasteiger partial charge < -0.3 is 33.8 Å². The lowest BCUT2D eigenvalue weighted by molar-refractivity contribution is -0.161. The molecule has 3 unspecified atom stereocenters. The van der Waals surface area contributed by atoms with E-state index in [1.165, 1.54) is 205 Å². The van der Waals surface area contributed by atoms with Gasteiger partial charge in [0.25, 0.3) is 0 Å². The van der Waals surface area contributed by atoms with Crippen molar-refractivity contribution in [2.75, 3.05) is 39.6 Å². The molecule has 0 spiro atoms. The lowest BCUT2D eigenvalue weighted by Gasteiger charge is -2.21. The minimum atomic E-state index is -4.96. The lowest BCUT2D eigenvalue weighted by atomic mass is 10.00. The van der Waals surface area contributed by atoms with Gasteiger partial charge >= 0.3 is 39.5 Å². The summed E-state index contributed by atoms with van der Waals surface area (Å²) in [6.07, 6.45) is 55.8. The van der Waals surface area contributed by atoms with Crippen LogP contribution in [0.5, 0.6) is 0 Å². The van der Waals surface area contributed by atoms with E-state index in [0.717, 1.165) is 102 Å². The molecule has 0 saturated carbocycles. The summed E-state index contributed by atoms with van der Waals surface area (Å²) in [6, 6.07) is 0. The Balaban J connectivity index is 5.20. The molecule has 564 valence electrons. The highest BCUT2D eigenvalue weighted by Crippen LogP contribution is 2.45. The fourth-order valence-corrected chi connectivity index (χ4v) is 13.2. The molecule has 0 aliphatic heterocycles. The van der Waals surface area contributed by atoms with Crippen LogP contribution in [0.25, 0.3) is 0 Å². The zero-order chi connectivity index (χ0) is 70.0. The summed E-state index contributed by atoms with van der Waals surface area (Å²) in [7, 11) is -9.91. The molecule has 0 bridgehead atoms. The number of esters is 4. The second-order valence-electron chi connectivity index (χ2n) is 28.1. The van der Waals surface area contributed by atoms with Gasteiger partial charge in [0.05, 0.1) is 26.4 Å². The number of hydrogen-bond acceptors (Lipinski definition) is 15. The maximum absolute atomic E-state index is 13.1. The van der Waals surface area contributed by atoms with Gasteiger partial charge in [0, 0.05) is 25.7 Å². The first-order valence-corrected chi connectivity index (χ1v) is 42.5. The van der Waals surface area contributed by atoms with Crippen LogP contribution in [-0.4, -0.2) is 96.7 Å². The van der Waals surface area contributed by atoms with E-state index in [4.69, 9.17) is 37.0 Å². The molecular formula is C76H148O17P2. The zero-order valence-corrected chi connectivity index (χ0v) is 63.8. The van der Waals surface area contributed by atoms with Crippen molar-refractivity contribution in [2.24, 2.45) is 11.8 Å². The summed E-state index contributed by atoms with van der Waals surface area (Å²) in [5, 5.41) is 10.6. The molecule has 0 aliphatic rings. The fraction of sp³-hybridized carbons (Fsp3) is 0.947. The molecule has 0 aromatic rings. The number of hydrogen-bond donors (Lipinski definition) is 3. The predicted octanol–water partition coefficient (Wildman–Crippen LogP) is 22.3. The highest BCUT2D eigenvalue weighted by Gasteiger charge is 2.30. The summed E-state index contributed by atoms with van der Waals surface area (Å²) in [5.74, 6) is -0.722. The Bertz CT molecular complexity index is 1840. The van der Waals surface area contributed by atoms with E-state index in [1.54, 1.807) is 0 Å². The number of carbonyl (C=O) groups is 4. The molecule has 17 nitrogen and oxygen atoms in total. The molecule has 0 radical (unpaired) electrons. The number of aliphatic hydroxyl groups is 1.